The molecule has 0 saturated carbocycles. The molecule has 116 valence electrons. The first kappa shape index (κ1) is 14.8. The van der Waals surface area contributed by atoms with Crippen LogP contribution in [0.2, 0.25) is 0 Å². The Kier molecular flexibility index (Phi) is 4.22. The van der Waals surface area contributed by atoms with Gasteiger partial charge in [0.1, 0.15) is 5.69 Å². The van der Waals surface area contributed by atoms with Gasteiger partial charge in [-0.25, -0.2) is 4.68 Å². The molecule has 2 heterocycles. The second-order valence-corrected chi connectivity index (χ2v) is 5.99. The maximum Gasteiger partial charge on any atom is 0.172 e. The number of anilines is 1. The number of aromatic nitrogens is 3. The van der Waals surface area contributed by atoms with Gasteiger partial charge in [-0.3, -0.25) is 4.79 Å². The molecule has 1 aromatic heterocycles. The van der Waals surface area contributed by atoms with Crippen molar-refractivity contribution < 1.29 is 4.79 Å². The van der Waals surface area contributed by atoms with Crippen LogP contribution in [-0.4, -0.2) is 34.4 Å². The summed E-state index contributed by atoms with van der Waals surface area (Å²) in [5, 5.41) is 8.04. The average molecular weight is 298 g/mol. The van der Waals surface area contributed by atoms with E-state index in [-0.39, 0.29) is 0 Å². The number of rotatable bonds is 4. The smallest absolute Gasteiger partial charge is 0.172 e. The molecule has 5 nitrogen and oxygen atoms in total. The van der Waals surface area contributed by atoms with E-state index >= 15 is 0 Å². The van der Waals surface area contributed by atoms with Crippen molar-refractivity contribution in [2.75, 3.05) is 18.0 Å². The largest absolute Gasteiger partial charge is 0.372 e. The number of carbonyl (C=O) groups excluding carboxylic acids is 1. The molecule has 2 aromatic rings. The minimum Gasteiger partial charge on any atom is -0.372 e. The van der Waals surface area contributed by atoms with Gasteiger partial charge in [-0.2, -0.15) is 0 Å². The van der Waals surface area contributed by atoms with Crippen LogP contribution in [0.15, 0.2) is 24.3 Å². The molecule has 0 atom stereocenters. The van der Waals surface area contributed by atoms with Crippen LogP contribution < -0.4 is 4.90 Å². The van der Waals surface area contributed by atoms with Crippen molar-refractivity contribution in [2.45, 2.75) is 33.1 Å². The molecule has 22 heavy (non-hydrogen) atoms. The molecule has 0 N–H and O–H groups in total. The van der Waals surface area contributed by atoms with Crippen LogP contribution in [0.1, 0.15) is 42.9 Å². The molecule has 0 amide bonds. The van der Waals surface area contributed by atoms with Crippen molar-refractivity contribution in [3.63, 3.8) is 0 Å². The topological polar surface area (TPSA) is 51.0 Å². The highest BCUT2D eigenvalue weighted by molar-refractivity contribution is 5.73. The molecule has 1 aliphatic heterocycles. The summed E-state index contributed by atoms with van der Waals surface area (Å²) in [7, 11) is 0. The van der Waals surface area contributed by atoms with E-state index in [1.807, 2.05) is 6.92 Å². The SMILES string of the molecule is CCc1c(C=O)nnn1-c1ccc(N2CCC(C)CC2)cc1. The summed E-state index contributed by atoms with van der Waals surface area (Å²) < 4.78 is 1.76. The van der Waals surface area contributed by atoms with Gasteiger partial charge < -0.3 is 4.90 Å². The Morgan fingerprint density at radius 1 is 1.18 bits per heavy atom. The van der Waals surface area contributed by atoms with Crippen LogP contribution in [0.3, 0.4) is 0 Å². The zero-order valence-corrected chi connectivity index (χ0v) is 13.2. The third-order valence-electron chi connectivity index (χ3n) is 4.48. The fourth-order valence-corrected chi connectivity index (χ4v) is 3.01. The summed E-state index contributed by atoms with van der Waals surface area (Å²) in [6.45, 7) is 6.58. The first-order valence-corrected chi connectivity index (χ1v) is 7.98. The second-order valence-electron chi connectivity index (χ2n) is 5.99. The van der Waals surface area contributed by atoms with Gasteiger partial charge in [0.25, 0.3) is 0 Å². The van der Waals surface area contributed by atoms with E-state index in [0.717, 1.165) is 43.1 Å². The Bertz CT molecular complexity index is 639. The van der Waals surface area contributed by atoms with Crippen molar-refractivity contribution in [1.29, 1.82) is 0 Å². The van der Waals surface area contributed by atoms with Crippen LogP contribution >= 0.6 is 0 Å². The summed E-state index contributed by atoms with van der Waals surface area (Å²) in [5.74, 6) is 0.833. The molecule has 0 unspecified atom stereocenters. The fraction of sp³-hybridized carbons (Fsp3) is 0.471. The predicted molar refractivity (Wildman–Crippen MR) is 86.7 cm³/mol. The summed E-state index contributed by atoms with van der Waals surface area (Å²) in [4.78, 5) is 13.4. The van der Waals surface area contributed by atoms with Crippen molar-refractivity contribution >= 4 is 12.0 Å². The maximum absolute atomic E-state index is 11.0. The maximum atomic E-state index is 11.0. The van der Waals surface area contributed by atoms with Gasteiger partial charge in [-0.1, -0.05) is 19.1 Å². The molecular formula is C17H22N4O. The summed E-state index contributed by atoms with van der Waals surface area (Å²) in [5.41, 5.74) is 3.49. The fourth-order valence-electron chi connectivity index (χ4n) is 3.01. The molecule has 3 rings (SSSR count). The minimum absolute atomic E-state index is 0.427. The van der Waals surface area contributed by atoms with Gasteiger partial charge in [0.05, 0.1) is 11.4 Å². The Labute approximate surface area is 130 Å². The van der Waals surface area contributed by atoms with E-state index in [9.17, 15) is 4.79 Å². The van der Waals surface area contributed by atoms with E-state index in [4.69, 9.17) is 0 Å². The second kappa shape index (κ2) is 6.30. The summed E-state index contributed by atoms with van der Waals surface area (Å²) in [6, 6.07) is 8.37. The highest BCUT2D eigenvalue weighted by Gasteiger charge is 2.16. The molecule has 0 aliphatic carbocycles. The van der Waals surface area contributed by atoms with E-state index < -0.39 is 0 Å². The Hall–Kier alpha value is -2.17. The molecule has 0 bridgehead atoms. The molecule has 1 aromatic carbocycles. The Balaban J connectivity index is 1.82. The monoisotopic (exact) mass is 298 g/mol. The highest BCUT2D eigenvalue weighted by Crippen LogP contribution is 2.24. The third kappa shape index (κ3) is 2.75. The normalized spacial score (nSPS) is 16.0. The molecule has 1 fully saturated rings. The molecule has 1 aliphatic rings. The Morgan fingerprint density at radius 2 is 1.82 bits per heavy atom. The number of nitrogens with zero attached hydrogens (tertiary/aromatic N) is 4. The molecular weight excluding hydrogens is 276 g/mol. The Morgan fingerprint density at radius 3 is 2.41 bits per heavy atom. The first-order valence-electron chi connectivity index (χ1n) is 7.98. The van der Waals surface area contributed by atoms with E-state index in [1.54, 1.807) is 4.68 Å². The number of hydrogen-bond donors (Lipinski definition) is 0. The average Bonchev–Trinajstić information content (AvgIpc) is 2.98. The number of carbonyl (C=O) groups is 1. The van der Waals surface area contributed by atoms with Crippen molar-refractivity contribution in [3.8, 4) is 5.69 Å². The molecule has 0 spiro atoms. The zero-order valence-electron chi connectivity index (χ0n) is 13.2. The van der Waals surface area contributed by atoms with Gasteiger partial charge in [-0.15, -0.1) is 5.10 Å². The molecule has 1 saturated heterocycles. The lowest BCUT2D eigenvalue weighted by molar-refractivity contribution is 0.111. The van der Waals surface area contributed by atoms with Crippen molar-refractivity contribution in [3.05, 3.63) is 35.7 Å². The van der Waals surface area contributed by atoms with Crippen LogP contribution in [-0.2, 0) is 6.42 Å². The van der Waals surface area contributed by atoms with E-state index in [0.29, 0.717) is 5.69 Å². The van der Waals surface area contributed by atoms with Crippen molar-refractivity contribution in [1.82, 2.24) is 15.0 Å². The van der Waals surface area contributed by atoms with Gasteiger partial charge in [0.15, 0.2) is 6.29 Å². The van der Waals surface area contributed by atoms with E-state index in [1.165, 1.54) is 18.5 Å². The van der Waals surface area contributed by atoms with Crippen molar-refractivity contribution in [2.24, 2.45) is 5.92 Å². The number of piperidine rings is 1. The third-order valence-corrected chi connectivity index (χ3v) is 4.48. The minimum atomic E-state index is 0.427. The lowest BCUT2D eigenvalue weighted by Gasteiger charge is -2.32. The van der Waals surface area contributed by atoms with Crippen LogP contribution in [0.5, 0.6) is 0 Å². The van der Waals surface area contributed by atoms with Crippen LogP contribution in [0.4, 0.5) is 5.69 Å². The number of aldehydes is 1. The van der Waals surface area contributed by atoms with Gasteiger partial charge >= 0.3 is 0 Å². The zero-order chi connectivity index (χ0) is 15.5. The highest BCUT2D eigenvalue weighted by atomic mass is 16.1. The van der Waals surface area contributed by atoms with Crippen LogP contribution in [0.25, 0.3) is 5.69 Å². The number of hydrogen-bond acceptors (Lipinski definition) is 4. The van der Waals surface area contributed by atoms with Gasteiger partial charge in [-0.05, 0) is 49.4 Å². The molecule has 5 heteroatoms. The van der Waals surface area contributed by atoms with Gasteiger partial charge in [0.2, 0.25) is 0 Å². The molecule has 0 radical (unpaired) electrons. The lowest BCUT2D eigenvalue weighted by atomic mass is 9.99. The number of benzene rings is 1. The quantitative estimate of drug-likeness (QED) is 0.814. The summed E-state index contributed by atoms with van der Waals surface area (Å²) >= 11 is 0. The standard InChI is InChI=1S/C17H22N4O/c1-3-17-16(12-22)18-19-21(17)15-6-4-14(5-7-15)20-10-8-13(2)9-11-20/h4-7,12-13H,3,8-11H2,1-2H3. The van der Waals surface area contributed by atoms with Crippen LogP contribution in [0, 0.1) is 5.92 Å². The predicted octanol–water partition coefficient (Wildman–Crippen LogP) is 2.88. The van der Waals surface area contributed by atoms with E-state index in [2.05, 4.69) is 46.4 Å². The lowest BCUT2D eigenvalue weighted by Crippen LogP contribution is -2.32. The summed E-state index contributed by atoms with van der Waals surface area (Å²) in [6.07, 6.45) is 4.01. The first-order chi connectivity index (χ1) is 10.7. The van der Waals surface area contributed by atoms with Gasteiger partial charge in [0, 0.05) is 18.8 Å².